The van der Waals surface area contributed by atoms with Gasteiger partial charge in [-0.25, -0.2) is 0 Å². The number of rotatable bonds is 6. The lowest BCUT2D eigenvalue weighted by Gasteiger charge is -2.38. The van der Waals surface area contributed by atoms with Crippen LogP contribution in [0.1, 0.15) is 92.9 Å². The molecule has 2 fully saturated rings. The topological polar surface area (TPSA) is 52.6 Å². The highest BCUT2D eigenvalue weighted by Gasteiger charge is 2.37. The highest BCUT2D eigenvalue weighted by molar-refractivity contribution is 5.78. The lowest BCUT2D eigenvalue weighted by atomic mass is 9.75. The first-order valence-corrected chi connectivity index (χ1v) is 13.2. The van der Waals surface area contributed by atoms with Crippen LogP contribution in [0.4, 0.5) is 0 Å². The van der Waals surface area contributed by atoms with Crippen molar-refractivity contribution in [1.29, 1.82) is 0 Å². The summed E-state index contributed by atoms with van der Waals surface area (Å²) in [6.07, 6.45) is 11.9. The third kappa shape index (κ3) is 6.38. The Bertz CT molecular complexity index is 610. The van der Waals surface area contributed by atoms with E-state index in [0.717, 1.165) is 25.7 Å². The van der Waals surface area contributed by atoms with Gasteiger partial charge in [0.1, 0.15) is 12.2 Å². The highest BCUT2D eigenvalue weighted by atomic mass is 16.5. The molecule has 0 spiro atoms. The summed E-state index contributed by atoms with van der Waals surface area (Å²) >= 11 is 0. The second kappa shape index (κ2) is 11.2. The number of hydrogen-bond donors (Lipinski definition) is 0. The van der Waals surface area contributed by atoms with Crippen LogP contribution in [0.15, 0.2) is 12.2 Å². The van der Waals surface area contributed by atoms with Gasteiger partial charge >= 0.3 is 11.9 Å². The first kappa shape index (κ1) is 25.3. The zero-order valence-electron chi connectivity index (χ0n) is 21.2. The summed E-state index contributed by atoms with van der Waals surface area (Å²) in [5, 5.41) is 0. The van der Waals surface area contributed by atoms with Crippen molar-refractivity contribution in [1.82, 2.24) is 0 Å². The summed E-state index contributed by atoms with van der Waals surface area (Å²) in [7, 11) is 0. The molecule has 0 aliphatic heterocycles. The number of esters is 2. The Morgan fingerprint density at radius 3 is 1.34 bits per heavy atom. The molecule has 182 valence electrons. The second-order valence-corrected chi connectivity index (χ2v) is 11.8. The Morgan fingerprint density at radius 1 is 0.656 bits per heavy atom. The average molecular weight is 447 g/mol. The minimum atomic E-state index is -0.234. The van der Waals surface area contributed by atoms with Gasteiger partial charge in [-0.3, -0.25) is 9.59 Å². The maximum atomic E-state index is 12.9. The molecule has 4 nitrogen and oxygen atoms in total. The number of ether oxygens (including phenoxy) is 2. The monoisotopic (exact) mass is 446 g/mol. The summed E-state index contributed by atoms with van der Waals surface area (Å²) in [6.45, 7) is 13.4. The van der Waals surface area contributed by atoms with Gasteiger partial charge in [0, 0.05) is 0 Å². The third-order valence-corrected chi connectivity index (χ3v) is 8.43. The minimum Gasteiger partial charge on any atom is -0.462 e. The van der Waals surface area contributed by atoms with Gasteiger partial charge in [-0.05, 0) is 74.0 Å². The molecule has 0 unspecified atom stereocenters. The van der Waals surface area contributed by atoms with Crippen molar-refractivity contribution in [3.8, 4) is 0 Å². The normalized spacial score (nSPS) is 38.0. The molecule has 0 N–H and O–H groups in total. The molecular formula is C28H46O4. The van der Waals surface area contributed by atoms with Crippen molar-refractivity contribution in [2.24, 2.45) is 47.3 Å². The molecule has 0 heterocycles. The van der Waals surface area contributed by atoms with Crippen LogP contribution in [0.2, 0.25) is 0 Å². The SMILES string of the molecule is CC(C)[C@H]1CC[C@@H](C)C[C@H]1OC(=O)[C@@H]1C=C[C@H](C(=O)O[C@@H]2C[C@H](C)CC[C@@H]2C(C)C)CC1. The Kier molecular flexibility index (Phi) is 8.86. The van der Waals surface area contributed by atoms with E-state index in [4.69, 9.17) is 9.47 Å². The van der Waals surface area contributed by atoms with Gasteiger partial charge < -0.3 is 9.47 Å². The van der Waals surface area contributed by atoms with Gasteiger partial charge in [-0.2, -0.15) is 0 Å². The highest BCUT2D eigenvalue weighted by Crippen LogP contribution is 2.38. The van der Waals surface area contributed by atoms with E-state index in [2.05, 4.69) is 41.5 Å². The Balaban J connectivity index is 1.54. The molecule has 3 aliphatic rings. The smallest absolute Gasteiger partial charge is 0.313 e. The molecule has 0 bridgehead atoms. The van der Waals surface area contributed by atoms with E-state index >= 15 is 0 Å². The van der Waals surface area contributed by atoms with Crippen LogP contribution in [0.5, 0.6) is 0 Å². The maximum Gasteiger partial charge on any atom is 0.313 e. The van der Waals surface area contributed by atoms with E-state index in [9.17, 15) is 9.59 Å². The first-order valence-electron chi connectivity index (χ1n) is 13.2. The van der Waals surface area contributed by atoms with E-state index in [1.165, 1.54) is 12.8 Å². The third-order valence-electron chi connectivity index (χ3n) is 8.43. The predicted octanol–water partition coefficient (Wildman–Crippen LogP) is 6.58. The zero-order chi connectivity index (χ0) is 23.4. The summed E-state index contributed by atoms with van der Waals surface area (Å²) in [4.78, 5) is 25.8. The molecule has 32 heavy (non-hydrogen) atoms. The standard InChI is InChI=1S/C28H46O4/c1-17(2)23-13-7-19(5)15-25(23)31-27(29)21-9-11-22(12-10-21)28(30)32-26-16-20(6)8-14-24(26)18(3)4/h9,11,17-26H,7-8,10,12-16H2,1-6H3/t19-,20-,21-,22+,23-,24-,25-,26-/m1/s1. The number of hydrogen-bond acceptors (Lipinski definition) is 4. The molecule has 0 aromatic heterocycles. The summed E-state index contributed by atoms with van der Waals surface area (Å²) in [6, 6.07) is 0. The number of carbonyl (C=O) groups excluding carboxylic acids is 2. The predicted molar refractivity (Wildman–Crippen MR) is 128 cm³/mol. The lowest BCUT2D eigenvalue weighted by Crippen LogP contribution is -2.38. The fraction of sp³-hybridized carbons (Fsp3) is 0.857. The van der Waals surface area contributed by atoms with Crippen molar-refractivity contribution < 1.29 is 19.1 Å². The summed E-state index contributed by atoms with van der Waals surface area (Å²) in [5.41, 5.74) is 0. The van der Waals surface area contributed by atoms with Crippen LogP contribution in [0.25, 0.3) is 0 Å². The first-order chi connectivity index (χ1) is 15.2. The van der Waals surface area contributed by atoms with Gasteiger partial charge in [0.05, 0.1) is 11.8 Å². The van der Waals surface area contributed by atoms with Crippen LogP contribution in [0, 0.1) is 47.3 Å². The van der Waals surface area contributed by atoms with Crippen LogP contribution in [-0.4, -0.2) is 24.1 Å². The minimum absolute atomic E-state index is 0.0311. The molecule has 0 radical (unpaired) electrons. The fourth-order valence-corrected chi connectivity index (χ4v) is 6.19. The van der Waals surface area contributed by atoms with E-state index in [0.29, 0.717) is 48.3 Å². The molecule has 0 saturated heterocycles. The number of carbonyl (C=O) groups is 2. The molecule has 0 aromatic carbocycles. The van der Waals surface area contributed by atoms with Crippen molar-refractivity contribution in [2.75, 3.05) is 0 Å². The lowest BCUT2D eigenvalue weighted by molar-refractivity contribution is -0.163. The molecule has 8 atom stereocenters. The average Bonchev–Trinajstić information content (AvgIpc) is 2.73. The fourth-order valence-electron chi connectivity index (χ4n) is 6.19. The Hall–Kier alpha value is -1.32. The molecule has 3 rings (SSSR count). The van der Waals surface area contributed by atoms with Gasteiger partial charge in [0.15, 0.2) is 0 Å². The van der Waals surface area contributed by atoms with Gasteiger partial charge in [0.2, 0.25) is 0 Å². The van der Waals surface area contributed by atoms with Crippen molar-refractivity contribution in [3.05, 3.63) is 12.2 Å². The van der Waals surface area contributed by atoms with E-state index in [1.807, 2.05) is 12.2 Å². The second-order valence-electron chi connectivity index (χ2n) is 11.8. The zero-order valence-corrected chi connectivity index (χ0v) is 21.2. The van der Waals surface area contributed by atoms with Gasteiger partial charge in [-0.1, -0.05) is 66.5 Å². The molecule has 4 heteroatoms. The van der Waals surface area contributed by atoms with E-state index in [-0.39, 0.29) is 36.0 Å². The molecule has 0 amide bonds. The van der Waals surface area contributed by atoms with E-state index in [1.54, 1.807) is 0 Å². The van der Waals surface area contributed by atoms with Crippen LogP contribution in [-0.2, 0) is 19.1 Å². The van der Waals surface area contributed by atoms with Crippen LogP contribution in [0.3, 0.4) is 0 Å². The van der Waals surface area contributed by atoms with Crippen LogP contribution >= 0.6 is 0 Å². The van der Waals surface area contributed by atoms with Crippen molar-refractivity contribution in [2.45, 2.75) is 105 Å². The molecule has 0 aromatic rings. The van der Waals surface area contributed by atoms with E-state index < -0.39 is 0 Å². The van der Waals surface area contributed by atoms with Crippen molar-refractivity contribution >= 4 is 11.9 Å². The summed E-state index contributed by atoms with van der Waals surface area (Å²) in [5.74, 6) is 2.50. The van der Waals surface area contributed by atoms with Crippen LogP contribution < -0.4 is 0 Å². The molecule has 2 saturated carbocycles. The maximum absolute atomic E-state index is 12.9. The Labute approximate surface area is 195 Å². The van der Waals surface area contributed by atoms with Gasteiger partial charge in [0.25, 0.3) is 0 Å². The molecular weight excluding hydrogens is 400 g/mol. The largest absolute Gasteiger partial charge is 0.462 e. The molecule has 3 aliphatic carbocycles. The van der Waals surface area contributed by atoms with Crippen molar-refractivity contribution in [3.63, 3.8) is 0 Å². The quantitative estimate of drug-likeness (QED) is 0.342. The van der Waals surface area contributed by atoms with Gasteiger partial charge in [-0.15, -0.1) is 0 Å². The summed E-state index contributed by atoms with van der Waals surface area (Å²) < 4.78 is 12.1. The Morgan fingerprint density at radius 2 is 1.03 bits per heavy atom.